The maximum Gasteiger partial charge on any atom is 0.156 e. The highest BCUT2D eigenvalue weighted by Crippen LogP contribution is 2.29. The molecule has 3 aromatic rings. The molecule has 0 aliphatic rings. The van der Waals surface area contributed by atoms with E-state index in [1.807, 2.05) is 18.2 Å². The van der Waals surface area contributed by atoms with Crippen molar-refractivity contribution in [3.63, 3.8) is 0 Å². The van der Waals surface area contributed by atoms with Gasteiger partial charge in [0.15, 0.2) is 8.07 Å². The first kappa shape index (κ1) is 20.6. The summed E-state index contributed by atoms with van der Waals surface area (Å²) in [6, 6.07) is 31.6. The van der Waals surface area contributed by atoms with Crippen LogP contribution in [0.5, 0.6) is 0 Å². The van der Waals surface area contributed by atoms with Gasteiger partial charge in [-0.25, -0.2) is 0 Å². The Morgan fingerprint density at radius 3 is 1.93 bits per heavy atom. The monoisotopic (exact) mass is 392 g/mol. The van der Waals surface area contributed by atoms with Crippen molar-refractivity contribution in [3.05, 3.63) is 119 Å². The molecule has 0 aromatic heterocycles. The van der Waals surface area contributed by atoms with E-state index in [-0.39, 0.29) is 0 Å². The minimum atomic E-state index is -1.89. The van der Waals surface area contributed by atoms with Crippen molar-refractivity contribution in [1.82, 2.24) is 0 Å². The largest absolute Gasteiger partial charge is 0.156 e. The fourth-order valence-corrected chi connectivity index (χ4v) is 4.86. The van der Waals surface area contributed by atoms with E-state index >= 15 is 0 Å². The van der Waals surface area contributed by atoms with E-state index in [0.29, 0.717) is 0 Å². The van der Waals surface area contributed by atoms with E-state index < -0.39 is 8.07 Å². The fourth-order valence-electron chi connectivity index (χ4n) is 3.25. The maximum atomic E-state index is 3.60. The van der Waals surface area contributed by atoms with Gasteiger partial charge >= 0.3 is 0 Å². The van der Waals surface area contributed by atoms with E-state index in [2.05, 4.69) is 116 Å². The van der Waals surface area contributed by atoms with Crippen molar-refractivity contribution >= 4 is 19.7 Å². The Balaban J connectivity index is 2.06. The van der Waals surface area contributed by atoms with Gasteiger partial charge in [0.05, 0.1) is 0 Å². The predicted octanol–water partition coefficient (Wildman–Crippen LogP) is 7.40. The molecule has 0 N–H and O–H groups in total. The number of hydrogen-bond acceptors (Lipinski definition) is 0. The molecule has 0 spiro atoms. The van der Waals surface area contributed by atoms with E-state index in [0.717, 1.165) is 12.0 Å². The van der Waals surface area contributed by atoms with Crippen LogP contribution in [-0.2, 0) is 0 Å². The van der Waals surface area contributed by atoms with Crippen molar-refractivity contribution in [2.24, 2.45) is 0 Å². The lowest BCUT2D eigenvalue weighted by Crippen LogP contribution is -2.21. The van der Waals surface area contributed by atoms with Crippen molar-refractivity contribution in [3.8, 4) is 11.5 Å². The molecule has 3 aromatic carbocycles. The van der Waals surface area contributed by atoms with Gasteiger partial charge in [-0.1, -0.05) is 117 Å². The van der Waals surface area contributed by atoms with Crippen LogP contribution in [0.4, 0.5) is 0 Å². The molecule has 0 saturated heterocycles. The van der Waals surface area contributed by atoms with Crippen LogP contribution in [0.3, 0.4) is 0 Å². The lowest BCUT2D eigenvalue weighted by atomic mass is 9.95. The second kappa shape index (κ2) is 9.91. The zero-order valence-electron chi connectivity index (χ0n) is 17.5. The molecule has 0 nitrogen and oxygen atoms in total. The molecule has 0 amide bonds. The van der Waals surface area contributed by atoms with Gasteiger partial charge in [0.1, 0.15) is 0 Å². The van der Waals surface area contributed by atoms with Crippen LogP contribution in [0, 0.1) is 11.5 Å². The molecule has 0 aliphatic carbocycles. The van der Waals surface area contributed by atoms with Gasteiger partial charge < -0.3 is 0 Å². The van der Waals surface area contributed by atoms with E-state index in [4.69, 9.17) is 0 Å². The first-order chi connectivity index (χ1) is 14.1. The van der Waals surface area contributed by atoms with E-state index in [1.165, 1.54) is 22.3 Å². The molecule has 0 radical (unpaired) electrons. The summed E-state index contributed by atoms with van der Waals surface area (Å²) < 4.78 is 0. The molecule has 0 aliphatic heterocycles. The molecule has 144 valence electrons. The van der Waals surface area contributed by atoms with Crippen LogP contribution >= 0.6 is 0 Å². The van der Waals surface area contributed by atoms with Gasteiger partial charge in [0.25, 0.3) is 0 Å². The van der Waals surface area contributed by atoms with Gasteiger partial charge in [-0.15, -0.1) is 5.54 Å². The second-order valence-electron chi connectivity index (χ2n) is 7.70. The Morgan fingerprint density at radius 2 is 1.34 bits per heavy atom. The summed E-state index contributed by atoms with van der Waals surface area (Å²) in [5.41, 5.74) is 12.3. The summed E-state index contributed by atoms with van der Waals surface area (Å²) >= 11 is 0. The normalized spacial score (nSPS) is 12.2. The number of hydrogen-bond donors (Lipinski definition) is 0. The number of benzene rings is 3. The van der Waals surface area contributed by atoms with Crippen LogP contribution in [0.25, 0.3) is 11.6 Å². The average molecular weight is 393 g/mol. The first-order valence-electron chi connectivity index (χ1n) is 10.2. The lowest BCUT2D eigenvalue weighted by Gasteiger charge is -2.17. The summed E-state index contributed by atoms with van der Waals surface area (Å²) in [5, 5.41) is 0. The standard InChI is InChI=1S/C28H28Si/c1-4-26(22-25-16-10-6-11-17-25)28(27-18-12-7-13-19-27)23-29(2,3)21-20-24-14-8-5-9-15-24/h5-19,22-23H,4H2,1-3H3/b26-22-,28-23-. The molecule has 0 fully saturated rings. The number of allylic oxidation sites excluding steroid dienone is 2. The fraction of sp³-hybridized carbons (Fsp3) is 0.143. The summed E-state index contributed by atoms with van der Waals surface area (Å²) in [7, 11) is -1.89. The Bertz CT molecular complexity index is 1030. The zero-order valence-corrected chi connectivity index (χ0v) is 18.5. The molecular weight excluding hydrogens is 364 g/mol. The van der Waals surface area contributed by atoms with Crippen molar-refractivity contribution in [2.45, 2.75) is 26.4 Å². The van der Waals surface area contributed by atoms with Crippen LogP contribution in [-0.4, -0.2) is 8.07 Å². The molecule has 0 saturated carbocycles. The summed E-state index contributed by atoms with van der Waals surface area (Å²) in [6.45, 7) is 6.87. The van der Waals surface area contributed by atoms with Gasteiger partial charge in [-0.05, 0) is 40.8 Å². The minimum Gasteiger partial charge on any atom is -0.121 e. The van der Waals surface area contributed by atoms with Gasteiger partial charge in [-0.3, -0.25) is 0 Å². The van der Waals surface area contributed by atoms with Crippen LogP contribution in [0.15, 0.2) is 102 Å². The van der Waals surface area contributed by atoms with Gasteiger partial charge in [-0.2, -0.15) is 0 Å². The van der Waals surface area contributed by atoms with Crippen molar-refractivity contribution in [1.29, 1.82) is 0 Å². The zero-order chi connectivity index (χ0) is 20.5. The molecular formula is C28H28Si. The van der Waals surface area contributed by atoms with E-state index in [9.17, 15) is 0 Å². The predicted molar refractivity (Wildman–Crippen MR) is 130 cm³/mol. The molecule has 1 heteroatoms. The van der Waals surface area contributed by atoms with Crippen molar-refractivity contribution < 1.29 is 0 Å². The summed E-state index contributed by atoms with van der Waals surface area (Å²) in [4.78, 5) is 0. The Kier molecular flexibility index (Phi) is 7.06. The smallest absolute Gasteiger partial charge is 0.121 e. The van der Waals surface area contributed by atoms with E-state index in [1.54, 1.807) is 0 Å². The lowest BCUT2D eigenvalue weighted by molar-refractivity contribution is 1.17. The second-order valence-corrected chi connectivity index (χ2v) is 11.7. The van der Waals surface area contributed by atoms with Crippen LogP contribution < -0.4 is 0 Å². The molecule has 29 heavy (non-hydrogen) atoms. The quantitative estimate of drug-likeness (QED) is 0.241. The molecule has 0 unspecified atom stereocenters. The number of rotatable bonds is 5. The summed E-state index contributed by atoms with van der Waals surface area (Å²) in [5.74, 6) is 3.40. The third-order valence-electron chi connectivity index (χ3n) is 4.76. The average Bonchev–Trinajstić information content (AvgIpc) is 2.77. The Hall–Kier alpha value is -3.08. The Morgan fingerprint density at radius 1 is 0.793 bits per heavy atom. The molecule has 0 bridgehead atoms. The van der Waals surface area contributed by atoms with Crippen molar-refractivity contribution in [2.75, 3.05) is 0 Å². The third-order valence-corrected chi connectivity index (χ3v) is 6.54. The molecule has 0 heterocycles. The first-order valence-corrected chi connectivity index (χ1v) is 13.3. The Labute approximate surface area is 176 Å². The summed E-state index contributed by atoms with van der Waals surface area (Å²) in [6.07, 6.45) is 3.29. The molecule has 3 rings (SSSR count). The van der Waals surface area contributed by atoms with Crippen LogP contribution in [0.2, 0.25) is 13.1 Å². The third kappa shape index (κ3) is 6.21. The molecule has 0 atom stereocenters. The minimum absolute atomic E-state index is 0.978. The highest BCUT2D eigenvalue weighted by atomic mass is 28.3. The maximum absolute atomic E-state index is 3.60. The highest BCUT2D eigenvalue weighted by Gasteiger charge is 2.18. The van der Waals surface area contributed by atoms with Gasteiger partial charge in [0, 0.05) is 5.56 Å². The van der Waals surface area contributed by atoms with Crippen LogP contribution in [0.1, 0.15) is 30.0 Å². The topological polar surface area (TPSA) is 0 Å². The van der Waals surface area contributed by atoms with Gasteiger partial charge in [0.2, 0.25) is 0 Å². The highest BCUT2D eigenvalue weighted by molar-refractivity contribution is 6.90. The SMILES string of the molecule is CCC(=C/c1ccccc1)/C(=C/[Si](C)(C)C#Cc1ccccc1)c1ccccc1.